The van der Waals surface area contributed by atoms with Crippen molar-refractivity contribution in [1.29, 1.82) is 0 Å². The maximum Gasteiger partial charge on any atom is 0.241 e. The number of sulfonamides is 1. The number of nitrogens with one attached hydrogen (secondary N) is 2. The molecule has 1 fully saturated rings. The van der Waals surface area contributed by atoms with Crippen molar-refractivity contribution < 1.29 is 13.2 Å². The van der Waals surface area contributed by atoms with Crippen LogP contribution < -0.4 is 10.0 Å². The number of rotatable bonds is 5. The van der Waals surface area contributed by atoms with Gasteiger partial charge in [-0.3, -0.25) is 4.79 Å². The molecule has 0 bridgehead atoms. The monoisotopic (exact) mass is 296 g/mol. The normalized spacial score (nSPS) is 17.9. The van der Waals surface area contributed by atoms with Gasteiger partial charge in [-0.05, 0) is 31.9 Å². The summed E-state index contributed by atoms with van der Waals surface area (Å²) < 4.78 is 26.6. The molecule has 6 heteroatoms. The minimum atomic E-state index is -3.65. The van der Waals surface area contributed by atoms with Gasteiger partial charge in [-0.15, -0.1) is 0 Å². The zero-order valence-corrected chi connectivity index (χ0v) is 12.3. The highest BCUT2D eigenvalue weighted by Gasteiger charge is 2.24. The molecule has 20 heavy (non-hydrogen) atoms. The van der Waals surface area contributed by atoms with Crippen LogP contribution in [0.15, 0.2) is 35.2 Å². The largest absolute Gasteiger partial charge is 0.352 e. The van der Waals surface area contributed by atoms with Crippen LogP contribution in [-0.2, 0) is 14.8 Å². The van der Waals surface area contributed by atoms with Gasteiger partial charge in [0.25, 0.3) is 0 Å². The lowest BCUT2D eigenvalue weighted by atomic mass is 10.2. The summed E-state index contributed by atoms with van der Waals surface area (Å²) in [6.07, 6.45) is 4.19. The zero-order valence-electron chi connectivity index (χ0n) is 11.5. The fourth-order valence-corrected chi connectivity index (χ4v) is 3.57. The van der Waals surface area contributed by atoms with Gasteiger partial charge in [0.15, 0.2) is 0 Å². The van der Waals surface area contributed by atoms with E-state index in [2.05, 4.69) is 10.0 Å². The number of carbonyl (C=O) groups is 1. The molecule has 0 aliphatic heterocycles. The van der Waals surface area contributed by atoms with Crippen LogP contribution in [0.25, 0.3) is 0 Å². The quantitative estimate of drug-likeness (QED) is 0.862. The van der Waals surface area contributed by atoms with E-state index in [-0.39, 0.29) is 16.8 Å². The van der Waals surface area contributed by atoms with Crippen molar-refractivity contribution in [2.75, 3.05) is 0 Å². The molecule has 1 aliphatic rings. The summed E-state index contributed by atoms with van der Waals surface area (Å²) in [6, 6.07) is 7.46. The Morgan fingerprint density at radius 3 is 2.40 bits per heavy atom. The van der Waals surface area contributed by atoms with E-state index in [9.17, 15) is 13.2 Å². The summed E-state index contributed by atoms with van der Waals surface area (Å²) in [5, 5.41) is 2.89. The molecule has 1 atom stereocenters. The lowest BCUT2D eigenvalue weighted by Crippen LogP contribution is -2.47. The molecule has 110 valence electrons. The van der Waals surface area contributed by atoms with E-state index in [1.807, 2.05) is 0 Å². The first-order valence-corrected chi connectivity index (χ1v) is 8.35. The maximum absolute atomic E-state index is 12.1. The third kappa shape index (κ3) is 3.80. The molecule has 0 saturated heterocycles. The Bertz CT molecular complexity index is 551. The number of hydrogen-bond acceptors (Lipinski definition) is 3. The fourth-order valence-electron chi connectivity index (χ4n) is 2.35. The molecule has 0 aromatic heterocycles. The standard InChI is InChI=1S/C14H20N2O3S/c1-11(14(17)15-12-7-5-6-8-12)16-20(18,19)13-9-3-2-4-10-13/h2-4,9-12,16H,5-8H2,1H3,(H,15,17)/t11-/m1/s1. The molecule has 5 nitrogen and oxygen atoms in total. The zero-order chi connectivity index (χ0) is 14.6. The minimum Gasteiger partial charge on any atom is -0.352 e. The molecule has 1 aromatic carbocycles. The Kier molecular flexibility index (Phi) is 4.77. The van der Waals surface area contributed by atoms with Crippen molar-refractivity contribution in [2.24, 2.45) is 0 Å². The van der Waals surface area contributed by atoms with Gasteiger partial charge in [0.05, 0.1) is 10.9 Å². The van der Waals surface area contributed by atoms with Crippen LogP contribution in [0.5, 0.6) is 0 Å². The van der Waals surface area contributed by atoms with Gasteiger partial charge in [-0.25, -0.2) is 8.42 Å². The van der Waals surface area contributed by atoms with Crippen LogP contribution in [0, 0.1) is 0 Å². The summed E-state index contributed by atoms with van der Waals surface area (Å²) in [7, 11) is -3.65. The molecule has 1 aliphatic carbocycles. The second-order valence-corrected chi connectivity index (χ2v) is 6.86. The van der Waals surface area contributed by atoms with Crippen molar-refractivity contribution in [1.82, 2.24) is 10.0 Å². The smallest absolute Gasteiger partial charge is 0.241 e. The second kappa shape index (κ2) is 6.37. The SMILES string of the molecule is C[C@@H](NS(=O)(=O)c1ccccc1)C(=O)NC1CCCC1. The van der Waals surface area contributed by atoms with E-state index in [0.717, 1.165) is 25.7 Å². The van der Waals surface area contributed by atoms with Gasteiger partial charge in [0, 0.05) is 6.04 Å². The third-order valence-electron chi connectivity index (χ3n) is 3.48. The van der Waals surface area contributed by atoms with E-state index in [1.165, 1.54) is 12.1 Å². The Morgan fingerprint density at radius 1 is 1.20 bits per heavy atom. The Labute approximate surface area is 119 Å². The lowest BCUT2D eigenvalue weighted by molar-refractivity contribution is -0.123. The van der Waals surface area contributed by atoms with E-state index in [4.69, 9.17) is 0 Å². The van der Waals surface area contributed by atoms with Crippen molar-refractivity contribution in [3.8, 4) is 0 Å². The average Bonchev–Trinajstić information content (AvgIpc) is 2.92. The molecule has 0 spiro atoms. The number of amides is 1. The van der Waals surface area contributed by atoms with E-state index in [1.54, 1.807) is 25.1 Å². The Morgan fingerprint density at radius 2 is 1.80 bits per heavy atom. The summed E-state index contributed by atoms with van der Waals surface area (Å²) in [5.41, 5.74) is 0. The predicted octanol–water partition coefficient (Wildman–Crippen LogP) is 1.41. The number of carbonyl (C=O) groups excluding carboxylic acids is 1. The van der Waals surface area contributed by atoms with Crippen LogP contribution in [0.1, 0.15) is 32.6 Å². The van der Waals surface area contributed by atoms with Gasteiger partial charge in [0.2, 0.25) is 15.9 Å². The molecular formula is C14H20N2O3S. The van der Waals surface area contributed by atoms with E-state index >= 15 is 0 Å². The molecule has 1 aromatic rings. The minimum absolute atomic E-state index is 0.167. The van der Waals surface area contributed by atoms with Crippen LogP contribution in [0.3, 0.4) is 0 Å². The second-order valence-electron chi connectivity index (χ2n) is 5.15. The van der Waals surface area contributed by atoms with Crippen LogP contribution in [0.2, 0.25) is 0 Å². The van der Waals surface area contributed by atoms with Gasteiger partial charge in [-0.1, -0.05) is 31.0 Å². The molecular weight excluding hydrogens is 276 g/mol. The summed E-state index contributed by atoms with van der Waals surface area (Å²) in [6.45, 7) is 1.56. The van der Waals surface area contributed by atoms with Gasteiger partial charge in [-0.2, -0.15) is 4.72 Å². The van der Waals surface area contributed by atoms with Crippen LogP contribution in [0.4, 0.5) is 0 Å². The first-order valence-electron chi connectivity index (χ1n) is 6.87. The van der Waals surface area contributed by atoms with E-state index in [0.29, 0.717) is 0 Å². The molecule has 0 heterocycles. The maximum atomic E-state index is 12.1. The summed E-state index contributed by atoms with van der Waals surface area (Å²) in [4.78, 5) is 12.1. The highest BCUT2D eigenvalue weighted by Crippen LogP contribution is 2.17. The highest BCUT2D eigenvalue weighted by molar-refractivity contribution is 7.89. The molecule has 0 radical (unpaired) electrons. The number of hydrogen-bond donors (Lipinski definition) is 2. The van der Waals surface area contributed by atoms with Crippen LogP contribution >= 0.6 is 0 Å². The first kappa shape index (κ1) is 15.0. The topological polar surface area (TPSA) is 75.3 Å². The molecule has 2 rings (SSSR count). The molecule has 2 N–H and O–H groups in total. The van der Waals surface area contributed by atoms with Crippen molar-refractivity contribution in [3.63, 3.8) is 0 Å². The van der Waals surface area contributed by atoms with Crippen molar-refractivity contribution >= 4 is 15.9 Å². The summed E-state index contributed by atoms with van der Waals surface area (Å²) >= 11 is 0. The van der Waals surface area contributed by atoms with Gasteiger partial charge >= 0.3 is 0 Å². The number of benzene rings is 1. The van der Waals surface area contributed by atoms with Gasteiger partial charge < -0.3 is 5.32 Å². The Balaban J connectivity index is 1.96. The molecule has 0 unspecified atom stereocenters. The van der Waals surface area contributed by atoms with E-state index < -0.39 is 16.1 Å². The molecule has 1 amide bonds. The predicted molar refractivity (Wildman–Crippen MR) is 76.6 cm³/mol. The van der Waals surface area contributed by atoms with Gasteiger partial charge in [0.1, 0.15) is 0 Å². The van der Waals surface area contributed by atoms with Crippen LogP contribution in [-0.4, -0.2) is 26.4 Å². The highest BCUT2D eigenvalue weighted by atomic mass is 32.2. The summed E-state index contributed by atoms with van der Waals surface area (Å²) in [5.74, 6) is -0.267. The average molecular weight is 296 g/mol. The first-order chi connectivity index (χ1) is 9.49. The third-order valence-corrected chi connectivity index (χ3v) is 5.04. The Hall–Kier alpha value is -1.40. The van der Waals surface area contributed by atoms with Crippen molar-refractivity contribution in [3.05, 3.63) is 30.3 Å². The molecule has 1 saturated carbocycles. The fraction of sp³-hybridized carbons (Fsp3) is 0.500. The lowest BCUT2D eigenvalue weighted by Gasteiger charge is -2.17. The van der Waals surface area contributed by atoms with Crippen molar-refractivity contribution in [2.45, 2.75) is 49.6 Å².